The third kappa shape index (κ3) is 4.28. The zero-order chi connectivity index (χ0) is 25.2. The Bertz CT molecular complexity index is 1380. The number of benzene rings is 4. The molecule has 1 atom stereocenters. The van der Waals surface area contributed by atoms with Crippen LogP contribution in [0.5, 0.6) is 23.0 Å². The second-order valence-corrected chi connectivity index (χ2v) is 8.29. The lowest BCUT2D eigenvalue weighted by molar-refractivity contribution is -0.0496. The fourth-order valence-corrected chi connectivity index (χ4v) is 4.53. The van der Waals surface area contributed by atoms with Crippen LogP contribution in [0, 0.1) is 0 Å². The van der Waals surface area contributed by atoms with E-state index in [1.807, 2.05) is 73.8 Å². The smallest absolute Gasteiger partial charge is 0.387 e. The van der Waals surface area contributed by atoms with Crippen LogP contribution in [0.3, 0.4) is 0 Å². The van der Waals surface area contributed by atoms with Gasteiger partial charge >= 0.3 is 6.61 Å². The number of para-hydroxylation sites is 1. The summed E-state index contributed by atoms with van der Waals surface area (Å²) in [5.41, 5.74) is 4.85. The molecule has 0 bridgehead atoms. The number of hydrogen-bond acceptors (Lipinski definition) is 5. The van der Waals surface area contributed by atoms with Gasteiger partial charge in [0.2, 0.25) is 0 Å². The number of nitrogens with zero attached hydrogens (tertiary/aromatic N) is 1. The molecule has 0 fully saturated rings. The predicted octanol–water partition coefficient (Wildman–Crippen LogP) is 7.22. The molecule has 0 amide bonds. The Morgan fingerprint density at radius 3 is 2.28 bits per heavy atom. The molecule has 5 rings (SSSR count). The molecule has 5 nitrogen and oxygen atoms in total. The van der Waals surface area contributed by atoms with E-state index >= 15 is 0 Å². The Balaban J connectivity index is 1.68. The topological polar surface area (TPSA) is 40.2 Å². The lowest BCUT2D eigenvalue weighted by Crippen LogP contribution is -2.18. The first-order valence-electron chi connectivity index (χ1n) is 11.4. The molecule has 1 unspecified atom stereocenters. The molecular formula is C29H25F2NO4. The summed E-state index contributed by atoms with van der Waals surface area (Å²) in [6.45, 7) is -2.95. The molecule has 1 aliphatic rings. The zero-order valence-corrected chi connectivity index (χ0v) is 20.1. The number of fused-ring (bicyclic) bond motifs is 3. The summed E-state index contributed by atoms with van der Waals surface area (Å²) in [5.74, 6) is 1.70. The van der Waals surface area contributed by atoms with Gasteiger partial charge in [0, 0.05) is 29.5 Å². The second-order valence-electron chi connectivity index (χ2n) is 8.29. The lowest BCUT2D eigenvalue weighted by Gasteiger charge is -2.32. The first kappa shape index (κ1) is 23.5. The van der Waals surface area contributed by atoms with E-state index in [0.29, 0.717) is 22.8 Å². The molecule has 36 heavy (non-hydrogen) atoms. The molecule has 0 spiro atoms. The van der Waals surface area contributed by atoms with Crippen LogP contribution in [-0.2, 0) is 0 Å². The van der Waals surface area contributed by atoms with Crippen molar-refractivity contribution in [2.24, 2.45) is 0 Å². The van der Waals surface area contributed by atoms with Crippen molar-refractivity contribution in [1.82, 2.24) is 0 Å². The van der Waals surface area contributed by atoms with Gasteiger partial charge in [-0.1, -0.05) is 36.4 Å². The van der Waals surface area contributed by atoms with Crippen LogP contribution < -0.4 is 23.8 Å². The molecule has 4 aromatic rings. The van der Waals surface area contributed by atoms with Gasteiger partial charge < -0.3 is 23.8 Å². The van der Waals surface area contributed by atoms with Gasteiger partial charge in [0.1, 0.15) is 17.6 Å². The quantitative estimate of drug-likeness (QED) is 0.274. The van der Waals surface area contributed by atoms with Crippen molar-refractivity contribution in [3.63, 3.8) is 0 Å². The second kappa shape index (κ2) is 9.77. The third-order valence-electron chi connectivity index (χ3n) is 6.28. The number of methoxy groups -OCH3 is 2. The van der Waals surface area contributed by atoms with Crippen LogP contribution in [0.4, 0.5) is 20.2 Å². The Hall–Kier alpha value is -4.26. The molecule has 0 N–H and O–H groups in total. The van der Waals surface area contributed by atoms with Crippen LogP contribution in [-0.4, -0.2) is 27.9 Å². The van der Waals surface area contributed by atoms with Gasteiger partial charge in [-0.15, -0.1) is 0 Å². The third-order valence-corrected chi connectivity index (χ3v) is 6.28. The van der Waals surface area contributed by atoms with E-state index in [9.17, 15) is 8.78 Å². The van der Waals surface area contributed by atoms with E-state index in [-0.39, 0.29) is 5.75 Å². The minimum absolute atomic E-state index is 0.0682. The highest BCUT2D eigenvalue weighted by Gasteiger charge is 2.31. The van der Waals surface area contributed by atoms with Crippen molar-refractivity contribution in [2.75, 3.05) is 26.2 Å². The summed E-state index contributed by atoms with van der Waals surface area (Å²) in [6, 6.07) is 26.4. The van der Waals surface area contributed by atoms with Gasteiger partial charge in [-0.25, -0.2) is 0 Å². The number of halogens is 2. The van der Waals surface area contributed by atoms with Crippen molar-refractivity contribution in [1.29, 1.82) is 0 Å². The molecule has 4 aromatic carbocycles. The summed E-state index contributed by atoms with van der Waals surface area (Å²) in [4.78, 5) is 2.06. The van der Waals surface area contributed by atoms with Crippen LogP contribution in [0.15, 0.2) is 84.9 Å². The summed E-state index contributed by atoms with van der Waals surface area (Å²) in [5, 5.41) is 0. The average Bonchev–Trinajstić information content (AvgIpc) is 2.91. The fourth-order valence-electron chi connectivity index (χ4n) is 4.53. The number of anilines is 2. The van der Waals surface area contributed by atoms with Crippen molar-refractivity contribution in [3.8, 4) is 34.1 Å². The van der Waals surface area contributed by atoms with Crippen molar-refractivity contribution >= 4 is 11.4 Å². The summed E-state index contributed by atoms with van der Waals surface area (Å²) in [6.07, 6.45) is -0.516. The lowest BCUT2D eigenvalue weighted by atomic mass is 9.88. The molecule has 0 radical (unpaired) electrons. The standard InChI is InChI=1S/C29H25F2NO4/c1-32(19-8-5-4-6-9-19)20-13-14-21-22(17-20)28(18-12-15-23(33-2)26(16-18)34-3)35-24-10-7-11-25(27(21)24)36-29(30)31/h4-17,28-29H,1-3H3. The molecule has 0 saturated carbocycles. The van der Waals surface area contributed by atoms with E-state index in [2.05, 4.69) is 4.90 Å². The fraction of sp³-hybridized carbons (Fsp3) is 0.172. The molecule has 0 aromatic heterocycles. The average molecular weight is 490 g/mol. The van der Waals surface area contributed by atoms with Gasteiger partial charge in [0.15, 0.2) is 11.5 Å². The molecule has 1 heterocycles. The Morgan fingerprint density at radius 2 is 1.56 bits per heavy atom. The normalized spacial score (nSPS) is 13.9. The first-order valence-corrected chi connectivity index (χ1v) is 11.4. The number of ether oxygens (including phenoxy) is 4. The predicted molar refractivity (Wildman–Crippen MR) is 135 cm³/mol. The van der Waals surface area contributed by atoms with Crippen LogP contribution >= 0.6 is 0 Å². The maximum absolute atomic E-state index is 13.2. The number of alkyl halides is 2. The van der Waals surface area contributed by atoms with Crippen molar-refractivity contribution in [3.05, 3.63) is 96.1 Å². The molecule has 7 heteroatoms. The summed E-state index contributed by atoms with van der Waals surface area (Å²) >= 11 is 0. The van der Waals surface area contributed by atoms with Gasteiger partial charge in [-0.05, 0) is 54.1 Å². The SMILES string of the molecule is COc1ccc(C2Oc3cccc(OC(F)F)c3-c3ccc(N(C)c4ccccc4)cc32)cc1OC. The Labute approximate surface area is 208 Å². The summed E-state index contributed by atoms with van der Waals surface area (Å²) < 4.78 is 48.7. The minimum atomic E-state index is -2.95. The minimum Gasteiger partial charge on any atom is -0.493 e. The highest BCUT2D eigenvalue weighted by molar-refractivity contribution is 5.83. The van der Waals surface area contributed by atoms with E-state index in [0.717, 1.165) is 28.1 Å². The monoisotopic (exact) mass is 489 g/mol. The zero-order valence-electron chi connectivity index (χ0n) is 20.1. The summed E-state index contributed by atoms with van der Waals surface area (Å²) in [7, 11) is 5.13. The van der Waals surface area contributed by atoms with Crippen LogP contribution in [0.1, 0.15) is 17.2 Å². The first-order chi connectivity index (χ1) is 17.5. The maximum atomic E-state index is 13.2. The number of rotatable bonds is 7. The molecule has 0 saturated heterocycles. The van der Waals surface area contributed by atoms with Crippen LogP contribution in [0.25, 0.3) is 11.1 Å². The van der Waals surface area contributed by atoms with Gasteiger partial charge in [-0.2, -0.15) is 8.78 Å². The largest absolute Gasteiger partial charge is 0.493 e. The molecule has 0 aliphatic carbocycles. The van der Waals surface area contributed by atoms with E-state index in [1.54, 1.807) is 26.4 Å². The van der Waals surface area contributed by atoms with E-state index in [1.165, 1.54) is 6.07 Å². The highest BCUT2D eigenvalue weighted by Crippen LogP contribution is 2.50. The van der Waals surface area contributed by atoms with Gasteiger partial charge in [0.05, 0.1) is 19.8 Å². The van der Waals surface area contributed by atoms with Crippen LogP contribution in [0.2, 0.25) is 0 Å². The molecule has 184 valence electrons. The highest BCUT2D eigenvalue weighted by atomic mass is 19.3. The van der Waals surface area contributed by atoms with Crippen molar-refractivity contribution in [2.45, 2.75) is 12.7 Å². The molecule has 1 aliphatic heterocycles. The number of hydrogen-bond donors (Lipinski definition) is 0. The van der Waals surface area contributed by atoms with Gasteiger partial charge in [0.25, 0.3) is 0 Å². The van der Waals surface area contributed by atoms with E-state index in [4.69, 9.17) is 18.9 Å². The molecular weight excluding hydrogens is 464 g/mol. The Kier molecular flexibility index (Phi) is 6.38. The van der Waals surface area contributed by atoms with E-state index < -0.39 is 12.7 Å². The van der Waals surface area contributed by atoms with Crippen molar-refractivity contribution < 1.29 is 27.7 Å². The van der Waals surface area contributed by atoms with Gasteiger partial charge in [-0.3, -0.25) is 0 Å². The maximum Gasteiger partial charge on any atom is 0.387 e. The Morgan fingerprint density at radius 1 is 0.778 bits per heavy atom.